The van der Waals surface area contributed by atoms with Gasteiger partial charge in [-0.1, -0.05) is 11.8 Å². The third kappa shape index (κ3) is 7.46. The highest BCUT2D eigenvalue weighted by Gasteiger charge is 2.14. The highest BCUT2D eigenvalue weighted by Crippen LogP contribution is 2.34. The summed E-state index contributed by atoms with van der Waals surface area (Å²) in [5.74, 6) is 8.05. The molecule has 0 unspecified atom stereocenters. The van der Waals surface area contributed by atoms with Gasteiger partial charge < -0.3 is 29.8 Å². The maximum atomic E-state index is 12.1. The number of carbonyl (C=O) groups is 1. The Morgan fingerprint density at radius 2 is 1.88 bits per heavy atom. The molecule has 0 spiro atoms. The van der Waals surface area contributed by atoms with Crippen LogP contribution in [0.1, 0.15) is 36.1 Å². The number of aliphatic hydroxyl groups is 3. The van der Waals surface area contributed by atoms with Gasteiger partial charge in [0, 0.05) is 38.0 Å². The molecule has 1 heterocycles. The normalized spacial score (nSPS) is 10.7. The van der Waals surface area contributed by atoms with Crippen LogP contribution in [0.3, 0.4) is 0 Å². The van der Waals surface area contributed by atoms with Gasteiger partial charge >= 0.3 is 0 Å². The van der Waals surface area contributed by atoms with Crippen LogP contribution >= 0.6 is 22.6 Å². The molecule has 1 amide bonds. The summed E-state index contributed by atoms with van der Waals surface area (Å²) in [6.45, 7) is 0.293. The van der Waals surface area contributed by atoms with Crippen LogP contribution in [0.2, 0.25) is 0 Å². The number of nitrogens with one attached hydrogen (secondary N) is 1. The number of aliphatic hydroxyl groups excluding tert-OH is 3. The van der Waals surface area contributed by atoms with E-state index in [-0.39, 0.29) is 38.7 Å². The fourth-order valence-corrected chi connectivity index (χ4v) is 4.15. The summed E-state index contributed by atoms with van der Waals surface area (Å²) in [6.07, 6.45) is 2.61. The van der Waals surface area contributed by atoms with Crippen LogP contribution in [0.5, 0.6) is 11.5 Å². The number of halogens is 1. The van der Waals surface area contributed by atoms with Crippen LogP contribution in [0.15, 0.2) is 40.8 Å². The fraction of sp³-hybridized carbons (Fsp3) is 0.346. The predicted octanol–water partition coefficient (Wildman–Crippen LogP) is 3.53. The zero-order chi connectivity index (χ0) is 24.3. The number of aryl methyl sites for hydroxylation is 1. The van der Waals surface area contributed by atoms with E-state index in [1.165, 1.54) is 0 Å². The average molecular weight is 577 g/mol. The second-order valence-electron chi connectivity index (χ2n) is 7.68. The van der Waals surface area contributed by atoms with E-state index in [9.17, 15) is 4.79 Å². The van der Waals surface area contributed by atoms with Crippen molar-refractivity contribution in [2.45, 2.75) is 32.1 Å². The molecule has 0 aliphatic carbocycles. The van der Waals surface area contributed by atoms with Gasteiger partial charge in [0.1, 0.15) is 17.1 Å². The van der Waals surface area contributed by atoms with Crippen LogP contribution in [-0.4, -0.2) is 47.6 Å². The molecule has 0 atom stereocenters. The lowest BCUT2D eigenvalue weighted by Gasteiger charge is -2.13. The first-order valence-corrected chi connectivity index (χ1v) is 12.2. The van der Waals surface area contributed by atoms with E-state index in [1.807, 2.05) is 36.4 Å². The van der Waals surface area contributed by atoms with Crippen molar-refractivity contribution in [3.63, 3.8) is 0 Å². The molecule has 8 heteroatoms. The molecular formula is C26H28INO6. The Kier molecular flexibility index (Phi) is 10.2. The zero-order valence-electron chi connectivity index (χ0n) is 18.8. The Morgan fingerprint density at radius 1 is 1.06 bits per heavy atom. The SMILES string of the molecule is O=C(Cc1cc(I)c(Oc2ccc3oc(CCCO)cc3c2)c(C#CCCCO)c1)NCCO. The molecule has 34 heavy (non-hydrogen) atoms. The Morgan fingerprint density at radius 3 is 2.65 bits per heavy atom. The Hall–Kier alpha value is -2.58. The third-order valence-corrected chi connectivity index (χ3v) is 5.73. The quantitative estimate of drug-likeness (QED) is 0.158. The van der Waals surface area contributed by atoms with Crippen molar-refractivity contribution in [1.82, 2.24) is 5.32 Å². The third-order valence-electron chi connectivity index (χ3n) is 4.92. The number of rotatable bonds is 11. The van der Waals surface area contributed by atoms with Gasteiger partial charge in [-0.05, 0) is 77.4 Å². The predicted molar refractivity (Wildman–Crippen MR) is 138 cm³/mol. The van der Waals surface area contributed by atoms with Gasteiger partial charge in [-0.2, -0.15) is 0 Å². The standard InChI is InChI=1S/C26H28INO6/c27-23-14-18(15-25(32)28-9-12-31)13-19(5-2-1-3-10-29)26(23)34-22-7-8-24-20(17-22)16-21(33-24)6-4-11-30/h7-8,13-14,16-17,29-31H,1,3-4,6,9-12,15H2,(H,28,32). The lowest BCUT2D eigenvalue weighted by molar-refractivity contribution is -0.120. The van der Waals surface area contributed by atoms with Crippen LogP contribution in [0.4, 0.5) is 0 Å². The molecule has 3 rings (SSSR count). The number of fused-ring (bicyclic) bond motifs is 1. The number of hydrogen-bond donors (Lipinski definition) is 4. The van der Waals surface area contributed by atoms with E-state index < -0.39 is 0 Å². The summed E-state index contributed by atoms with van der Waals surface area (Å²) in [6, 6.07) is 11.3. The first-order chi connectivity index (χ1) is 16.5. The minimum Gasteiger partial charge on any atom is -0.461 e. The molecule has 0 saturated heterocycles. The molecule has 3 aromatic rings. The molecule has 0 saturated carbocycles. The number of benzene rings is 2. The van der Waals surface area contributed by atoms with Gasteiger partial charge in [-0.25, -0.2) is 0 Å². The van der Waals surface area contributed by atoms with E-state index in [2.05, 4.69) is 39.7 Å². The van der Waals surface area contributed by atoms with Crippen LogP contribution in [0, 0.1) is 15.4 Å². The van der Waals surface area contributed by atoms with E-state index in [0.717, 1.165) is 25.9 Å². The van der Waals surface area contributed by atoms with Gasteiger partial charge in [0.05, 0.1) is 22.2 Å². The highest BCUT2D eigenvalue weighted by molar-refractivity contribution is 14.1. The number of hydrogen-bond acceptors (Lipinski definition) is 6. The largest absolute Gasteiger partial charge is 0.461 e. The van der Waals surface area contributed by atoms with Crippen molar-refractivity contribution >= 4 is 39.5 Å². The fourth-order valence-electron chi connectivity index (χ4n) is 3.35. The summed E-state index contributed by atoms with van der Waals surface area (Å²) in [4.78, 5) is 12.1. The van der Waals surface area contributed by atoms with Gasteiger partial charge in [0.25, 0.3) is 0 Å². The van der Waals surface area contributed by atoms with Crippen molar-refractivity contribution in [3.05, 3.63) is 56.9 Å². The molecule has 7 nitrogen and oxygen atoms in total. The highest BCUT2D eigenvalue weighted by atomic mass is 127. The Balaban J connectivity index is 1.88. The molecule has 0 bridgehead atoms. The molecule has 2 aromatic carbocycles. The van der Waals surface area contributed by atoms with Crippen LogP contribution < -0.4 is 10.1 Å². The maximum absolute atomic E-state index is 12.1. The second-order valence-corrected chi connectivity index (χ2v) is 8.84. The summed E-state index contributed by atoms with van der Waals surface area (Å²) in [5, 5.41) is 30.5. The molecule has 0 aliphatic heterocycles. The maximum Gasteiger partial charge on any atom is 0.224 e. The lowest BCUT2D eigenvalue weighted by Crippen LogP contribution is -2.27. The molecule has 0 fully saturated rings. The molecule has 1 aromatic heterocycles. The van der Waals surface area contributed by atoms with E-state index in [1.54, 1.807) is 0 Å². The second kappa shape index (κ2) is 13.3. The molecule has 4 N–H and O–H groups in total. The number of furan rings is 1. The van der Waals surface area contributed by atoms with E-state index in [0.29, 0.717) is 42.7 Å². The molecule has 180 valence electrons. The van der Waals surface area contributed by atoms with Crippen molar-refractivity contribution in [3.8, 4) is 23.3 Å². The summed E-state index contributed by atoms with van der Waals surface area (Å²) < 4.78 is 12.9. The van der Waals surface area contributed by atoms with Crippen molar-refractivity contribution in [2.75, 3.05) is 26.4 Å². The number of ether oxygens (including phenoxy) is 1. The summed E-state index contributed by atoms with van der Waals surface area (Å²) >= 11 is 2.17. The summed E-state index contributed by atoms with van der Waals surface area (Å²) in [5.41, 5.74) is 2.20. The van der Waals surface area contributed by atoms with Gasteiger partial charge in [-0.15, -0.1) is 0 Å². The Bertz CT molecular complexity index is 1180. The lowest BCUT2D eigenvalue weighted by atomic mass is 10.1. The van der Waals surface area contributed by atoms with E-state index in [4.69, 9.17) is 24.5 Å². The smallest absolute Gasteiger partial charge is 0.224 e. The number of carbonyl (C=O) groups excluding carboxylic acids is 1. The number of unbranched alkanes of at least 4 members (excludes halogenated alkanes) is 1. The van der Waals surface area contributed by atoms with Crippen molar-refractivity contribution < 1.29 is 29.3 Å². The topological polar surface area (TPSA) is 112 Å². The van der Waals surface area contributed by atoms with Gasteiger partial charge in [-0.3, -0.25) is 4.79 Å². The molecule has 0 radical (unpaired) electrons. The van der Waals surface area contributed by atoms with Crippen molar-refractivity contribution in [2.24, 2.45) is 0 Å². The van der Waals surface area contributed by atoms with Gasteiger partial charge in [0.15, 0.2) is 5.75 Å². The minimum atomic E-state index is -0.180. The first kappa shape index (κ1) is 26.0. The van der Waals surface area contributed by atoms with Gasteiger partial charge in [0.2, 0.25) is 5.91 Å². The number of amides is 1. The summed E-state index contributed by atoms with van der Waals surface area (Å²) in [7, 11) is 0. The van der Waals surface area contributed by atoms with E-state index >= 15 is 0 Å². The molecule has 0 aliphatic rings. The monoisotopic (exact) mass is 577 g/mol. The first-order valence-electron chi connectivity index (χ1n) is 11.1. The molecular weight excluding hydrogens is 549 g/mol. The Labute approximate surface area is 212 Å². The average Bonchev–Trinajstić information content (AvgIpc) is 3.23. The van der Waals surface area contributed by atoms with Crippen LogP contribution in [-0.2, 0) is 17.6 Å². The van der Waals surface area contributed by atoms with Crippen molar-refractivity contribution in [1.29, 1.82) is 0 Å². The zero-order valence-corrected chi connectivity index (χ0v) is 20.9. The minimum absolute atomic E-state index is 0.0750. The van der Waals surface area contributed by atoms with Crippen LogP contribution in [0.25, 0.3) is 11.0 Å².